The number of carbonyl (C=O) groups is 1. The van der Waals surface area contributed by atoms with E-state index in [0.717, 1.165) is 30.8 Å². The topological polar surface area (TPSA) is 50.2 Å². The molecule has 0 aliphatic carbocycles. The number of benzene rings is 1. The molecule has 0 saturated carbocycles. The van der Waals surface area contributed by atoms with Gasteiger partial charge in [-0.3, -0.25) is 9.48 Å². The molecule has 1 aromatic heterocycles. The molecule has 1 amide bonds. The van der Waals surface area contributed by atoms with Crippen LogP contribution < -0.4 is 5.32 Å². The molecule has 1 aliphatic rings. The number of nitrogens with one attached hydrogen (secondary N) is 1. The Kier molecular flexibility index (Phi) is 5.48. The summed E-state index contributed by atoms with van der Waals surface area (Å²) in [6.45, 7) is 7.01. The first-order valence-electron chi connectivity index (χ1n) is 8.83. The summed E-state index contributed by atoms with van der Waals surface area (Å²) in [6.07, 6.45) is 3.64. The minimum atomic E-state index is -0.255. The number of hydrogen-bond acceptors (Lipinski definition) is 3. The highest BCUT2D eigenvalue weighted by Crippen LogP contribution is 2.16. The number of likely N-dealkylation sites (tertiary alicyclic amines) is 1. The maximum Gasteiger partial charge on any atom is 0.224 e. The van der Waals surface area contributed by atoms with Crippen LogP contribution in [0.25, 0.3) is 0 Å². The van der Waals surface area contributed by atoms with Gasteiger partial charge in [0.25, 0.3) is 0 Å². The Bertz CT molecular complexity index is 726. The lowest BCUT2D eigenvalue weighted by Gasteiger charge is -2.17. The Labute approximate surface area is 147 Å². The van der Waals surface area contributed by atoms with E-state index in [4.69, 9.17) is 0 Å². The molecule has 1 fully saturated rings. The maximum absolute atomic E-state index is 13.0. The van der Waals surface area contributed by atoms with Gasteiger partial charge in [-0.15, -0.1) is 0 Å². The van der Waals surface area contributed by atoms with Crippen molar-refractivity contribution in [2.75, 3.05) is 6.54 Å². The van der Waals surface area contributed by atoms with Crippen LogP contribution in [0, 0.1) is 12.7 Å². The molecular formula is C19H25FN4O. The summed E-state index contributed by atoms with van der Waals surface area (Å²) in [4.78, 5) is 14.1. The van der Waals surface area contributed by atoms with Gasteiger partial charge < -0.3 is 10.2 Å². The number of rotatable bonds is 7. The molecule has 134 valence electrons. The number of halogens is 1. The average Bonchev–Trinajstić information content (AvgIpc) is 3.10. The summed E-state index contributed by atoms with van der Waals surface area (Å²) in [5.74, 6) is -0.116. The van der Waals surface area contributed by atoms with Gasteiger partial charge in [0, 0.05) is 50.4 Å². The third-order valence-electron chi connectivity index (χ3n) is 4.58. The molecule has 0 radical (unpaired) electrons. The third kappa shape index (κ3) is 4.45. The van der Waals surface area contributed by atoms with Gasteiger partial charge in [0.1, 0.15) is 5.82 Å². The molecule has 5 nitrogen and oxygen atoms in total. The number of carbonyl (C=O) groups excluding carboxylic acids is 1. The summed E-state index contributed by atoms with van der Waals surface area (Å²) < 4.78 is 15.0. The van der Waals surface area contributed by atoms with Gasteiger partial charge in [-0.05, 0) is 31.0 Å². The van der Waals surface area contributed by atoms with Gasteiger partial charge in [0.05, 0.1) is 5.69 Å². The number of aromatic nitrogens is 2. The van der Waals surface area contributed by atoms with E-state index in [9.17, 15) is 9.18 Å². The van der Waals surface area contributed by atoms with Gasteiger partial charge >= 0.3 is 0 Å². The molecule has 6 heteroatoms. The molecule has 1 aromatic carbocycles. The summed E-state index contributed by atoms with van der Waals surface area (Å²) >= 11 is 0. The lowest BCUT2D eigenvalue weighted by molar-refractivity contribution is -0.128. The number of amides is 1. The second kappa shape index (κ2) is 7.78. The summed E-state index contributed by atoms with van der Waals surface area (Å²) in [6, 6.07) is 6.47. The highest BCUT2D eigenvalue weighted by atomic mass is 19.1. The standard InChI is InChI=1S/C19H25FN4O/c1-3-8-24-12-16(14(2)22-24)10-21-18-9-19(25)23(13-18)11-15-4-6-17(20)7-5-15/h4-7,12,18,21H,3,8-11,13H2,1-2H3. The zero-order valence-corrected chi connectivity index (χ0v) is 14.8. The minimum absolute atomic E-state index is 0.139. The van der Waals surface area contributed by atoms with Crippen LogP contribution in [0.5, 0.6) is 0 Å². The zero-order valence-electron chi connectivity index (χ0n) is 14.8. The predicted octanol–water partition coefficient (Wildman–Crippen LogP) is 2.63. The SMILES string of the molecule is CCCn1cc(CNC2CC(=O)N(Cc3ccc(F)cc3)C2)c(C)n1. The third-order valence-corrected chi connectivity index (χ3v) is 4.58. The van der Waals surface area contributed by atoms with Crippen molar-refractivity contribution in [2.24, 2.45) is 0 Å². The van der Waals surface area contributed by atoms with Crippen molar-refractivity contribution in [1.29, 1.82) is 0 Å². The van der Waals surface area contributed by atoms with Gasteiger partial charge in [0.2, 0.25) is 5.91 Å². The summed E-state index contributed by atoms with van der Waals surface area (Å²) in [7, 11) is 0. The van der Waals surface area contributed by atoms with Crippen molar-refractivity contribution in [3.05, 3.63) is 53.1 Å². The highest BCUT2D eigenvalue weighted by Gasteiger charge is 2.29. The Morgan fingerprint density at radius 2 is 2.08 bits per heavy atom. The second-order valence-electron chi connectivity index (χ2n) is 6.69. The smallest absolute Gasteiger partial charge is 0.224 e. The Morgan fingerprint density at radius 3 is 2.80 bits per heavy atom. The number of nitrogens with zero attached hydrogens (tertiary/aromatic N) is 3. The molecular weight excluding hydrogens is 319 g/mol. The van der Waals surface area contributed by atoms with Gasteiger partial charge in [-0.25, -0.2) is 4.39 Å². The largest absolute Gasteiger partial charge is 0.337 e. The van der Waals surface area contributed by atoms with Crippen molar-refractivity contribution in [2.45, 2.75) is 52.4 Å². The molecule has 1 atom stereocenters. The van der Waals surface area contributed by atoms with E-state index in [1.165, 1.54) is 17.7 Å². The first kappa shape index (κ1) is 17.6. The molecule has 25 heavy (non-hydrogen) atoms. The fourth-order valence-electron chi connectivity index (χ4n) is 3.20. The van der Waals surface area contributed by atoms with Crippen LogP contribution in [0.3, 0.4) is 0 Å². The fraction of sp³-hybridized carbons (Fsp3) is 0.474. The van der Waals surface area contributed by atoms with Crippen LogP contribution >= 0.6 is 0 Å². The van der Waals surface area contributed by atoms with Gasteiger partial charge in [-0.1, -0.05) is 19.1 Å². The van der Waals surface area contributed by atoms with E-state index in [1.807, 2.05) is 16.5 Å². The predicted molar refractivity (Wildman–Crippen MR) is 94.3 cm³/mol. The van der Waals surface area contributed by atoms with Crippen LogP contribution in [0.15, 0.2) is 30.5 Å². The van der Waals surface area contributed by atoms with E-state index in [2.05, 4.69) is 23.5 Å². The average molecular weight is 344 g/mol. The Morgan fingerprint density at radius 1 is 1.32 bits per heavy atom. The molecule has 2 aromatic rings. The van der Waals surface area contributed by atoms with Crippen LogP contribution in [-0.4, -0.2) is 33.2 Å². The van der Waals surface area contributed by atoms with Gasteiger partial charge in [-0.2, -0.15) is 5.10 Å². The Hall–Kier alpha value is -2.21. The van der Waals surface area contributed by atoms with E-state index in [-0.39, 0.29) is 17.8 Å². The van der Waals surface area contributed by atoms with Crippen LogP contribution in [-0.2, 0) is 24.4 Å². The number of hydrogen-bond donors (Lipinski definition) is 1. The van der Waals surface area contributed by atoms with Crippen molar-refractivity contribution in [3.63, 3.8) is 0 Å². The molecule has 2 heterocycles. The van der Waals surface area contributed by atoms with Crippen molar-refractivity contribution < 1.29 is 9.18 Å². The zero-order chi connectivity index (χ0) is 17.8. The molecule has 1 saturated heterocycles. The van der Waals surface area contributed by atoms with Crippen LogP contribution in [0.1, 0.15) is 36.6 Å². The van der Waals surface area contributed by atoms with Crippen molar-refractivity contribution >= 4 is 5.91 Å². The quantitative estimate of drug-likeness (QED) is 0.840. The Balaban J connectivity index is 1.53. The second-order valence-corrected chi connectivity index (χ2v) is 6.69. The van der Waals surface area contributed by atoms with Crippen LogP contribution in [0.2, 0.25) is 0 Å². The molecule has 1 aliphatic heterocycles. The lowest BCUT2D eigenvalue weighted by Crippen LogP contribution is -2.32. The molecule has 0 spiro atoms. The van der Waals surface area contributed by atoms with E-state index in [1.54, 1.807) is 12.1 Å². The van der Waals surface area contributed by atoms with Crippen LogP contribution in [0.4, 0.5) is 4.39 Å². The normalized spacial score (nSPS) is 17.5. The maximum atomic E-state index is 13.0. The first-order valence-corrected chi connectivity index (χ1v) is 8.83. The summed E-state index contributed by atoms with van der Waals surface area (Å²) in [5, 5.41) is 7.98. The van der Waals surface area contributed by atoms with E-state index in [0.29, 0.717) is 19.5 Å². The monoisotopic (exact) mass is 344 g/mol. The number of aryl methyl sites for hydroxylation is 2. The molecule has 0 bridgehead atoms. The highest BCUT2D eigenvalue weighted by molar-refractivity contribution is 5.79. The fourth-order valence-corrected chi connectivity index (χ4v) is 3.20. The molecule has 3 rings (SSSR count). The van der Waals surface area contributed by atoms with Gasteiger partial charge in [0.15, 0.2) is 0 Å². The van der Waals surface area contributed by atoms with E-state index < -0.39 is 0 Å². The minimum Gasteiger partial charge on any atom is -0.337 e. The lowest BCUT2D eigenvalue weighted by atomic mass is 10.2. The summed E-state index contributed by atoms with van der Waals surface area (Å²) in [5.41, 5.74) is 3.17. The van der Waals surface area contributed by atoms with Crippen molar-refractivity contribution in [1.82, 2.24) is 20.0 Å². The molecule has 1 unspecified atom stereocenters. The van der Waals surface area contributed by atoms with E-state index >= 15 is 0 Å². The molecule has 1 N–H and O–H groups in total. The first-order chi connectivity index (χ1) is 12.0. The van der Waals surface area contributed by atoms with Crippen molar-refractivity contribution in [3.8, 4) is 0 Å².